The van der Waals surface area contributed by atoms with E-state index in [1.165, 1.54) is 0 Å². The van der Waals surface area contributed by atoms with Gasteiger partial charge < -0.3 is 10.4 Å². The molecule has 1 atom stereocenters. The lowest BCUT2D eigenvalue weighted by atomic mass is 10.2. The van der Waals surface area contributed by atoms with Gasteiger partial charge in [-0.2, -0.15) is 0 Å². The summed E-state index contributed by atoms with van der Waals surface area (Å²) in [6.45, 7) is 3.25. The Balaban J connectivity index is 2.34. The Bertz CT molecular complexity index is 355. The van der Waals surface area contributed by atoms with Crippen LogP contribution in [-0.2, 0) is 14.6 Å². The minimum Gasteiger partial charge on any atom is -0.395 e. The number of likely N-dealkylation sites (N-methyl/N-ethyl adjacent to an activating group) is 1. The Morgan fingerprint density at radius 2 is 2.24 bits per heavy atom. The molecule has 100 valence electrons. The van der Waals surface area contributed by atoms with Crippen LogP contribution >= 0.6 is 0 Å². The molecule has 0 aromatic carbocycles. The van der Waals surface area contributed by atoms with Gasteiger partial charge in [-0.1, -0.05) is 6.92 Å². The topological polar surface area (TPSA) is 86.7 Å². The van der Waals surface area contributed by atoms with E-state index in [-0.39, 0.29) is 36.6 Å². The second kappa shape index (κ2) is 6.32. The first-order valence-corrected chi connectivity index (χ1v) is 7.62. The van der Waals surface area contributed by atoms with Crippen LogP contribution in [0.4, 0.5) is 0 Å². The molecular weight excluding hydrogens is 244 g/mol. The van der Waals surface area contributed by atoms with Gasteiger partial charge in [-0.15, -0.1) is 0 Å². The SMILES string of the molecule is CCN(CCO)CC(=O)NC1CCS(=O)(=O)C1. The quantitative estimate of drug-likeness (QED) is 0.616. The number of hydrogen-bond donors (Lipinski definition) is 2. The van der Waals surface area contributed by atoms with Crippen molar-refractivity contribution in [3.8, 4) is 0 Å². The van der Waals surface area contributed by atoms with Crippen molar-refractivity contribution in [1.29, 1.82) is 0 Å². The minimum atomic E-state index is -2.95. The monoisotopic (exact) mass is 264 g/mol. The molecule has 1 aliphatic rings. The van der Waals surface area contributed by atoms with E-state index >= 15 is 0 Å². The molecule has 1 amide bonds. The Morgan fingerprint density at radius 3 is 2.71 bits per heavy atom. The number of carbonyl (C=O) groups excluding carboxylic acids is 1. The molecule has 1 aliphatic heterocycles. The van der Waals surface area contributed by atoms with Crippen LogP contribution in [0.25, 0.3) is 0 Å². The van der Waals surface area contributed by atoms with Gasteiger partial charge in [0.1, 0.15) is 0 Å². The van der Waals surface area contributed by atoms with Gasteiger partial charge in [0, 0.05) is 12.6 Å². The van der Waals surface area contributed by atoms with Crippen molar-refractivity contribution in [2.45, 2.75) is 19.4 Å². The van der Waals surface area contributed by atoms with E-state index in [9.17, 15) is 13.2 Å². The lowest BCUT2D eigenvalue weighted by Gasteiger charge is -2.19. The van der Waals surface area contributed by atoms with Gasteiger partial charge in [0.05, 0.1) is 24.7 Å². The molecule has 1 unspecified atom stereocenters. The van der Waals surface area contributed by atoms with E-state index in [2.05, 4.69) is 5.32 Å². The van der Waals surface area contributed by atoms with Crippen molar-refractivity contribution in [2.75, 3.05) is 37.7 Å². The minimum absolute atomic E-state index is 0.0128. The van der Waals surface area contributed by atoms with Gasteiger partial charge in [-0.05, 0) is 13.0 Å². The third-order valence-corrected chi connectivity index (χ3v) is 4.60. The zero-order valence-electron chi connectivity index (χ0n) is 10.1. The summed E-state index contributed by atoms with van der Waals surface area (Å²) in [6.07, 6.45) is 0.500. The summed E-state index contributed by atoms with van der Waals surface area (Å²) in [7, 11) is -2.95. The van der Waals surface area contributed by atoms with Crippen LogP contribution in [-0.4, -0.2) is 68.1 Å². The van der Waals surface area contributed by atoms with E-state index in [4.69, 9.17) is 5.11 Å². The standard InChI is InChI=1S/C10H20N2O4S/c1-2-12(4-5-13)7-10(14)11-9-3-6-17(15,16)8-9/h9,13H,2-8H2,1H3,(H,11,14). The van der Waals surface area contributed by atoms with Crippen LogP contribution in [0.15, 0.2) is 0 Å². The largest absolute Gasteiger partial charge is 0.395 e. The third kappa shape index (κ3) is 5.01. The molecule has 17 heavy (non-hydrogen) atoms. The number of aliphatic hydroxyl groups is 1. The molecular formula is C10H20N2O4S. The molecule has 1 rings (SSSR count). The molecule has 0 bridgehead atoms. The fourth-order valence-electron chi connectivity index (χ4n) is 1.88. The highest BCUT2D eigenvalue weighted by Crippen LogP contribution is 2.10. The molecule has 0 aromatic heterocycles. The molecule has 6 nitrogen and oxygen atoms in total. The van der Waals surface area contributed by atoms with Crippen molar-refractivity contribution in [3.63, 3.8) is 0 Å². The van der Waals surface area contributed by atoms with Crippen LogP contribution < -0.4 is 5.32 Å². The summed E-state index contributed by atoms with van der Waals surface area (Å²) >= 11 is 0. The summed E-state index contributed by atoms with van der Waals surface area (Å²) in [5, 5.41) is 11.5. The predicted molar refractivity (Wildman–Crippen MR) is 64.4 cm³/mol. The number of aliphatic hydroxyl groups excluding tert-OH is 1. The van der Waals surface area contributed by atoms with Gasteiger partial charge in [0.25, 0.3) is 0 Å². The normalized spacial score (nSPS) is 22.9. The number of nitrogens with zero attached hydrogens (tertiary/aromatic N) is 1. The third-order valence-electron chi connectivity index (χ3n) is 2.83. The molecule has 1 saturated heterocycles. The number of nitrogens with one attached hydrogen (secondary N) is 1. The number of amides is 1. The van der Waals surface area contributed by atoms with Gasteiger partial charge in [-0.3, -0.25) is 9.69 Å². The van der Waals surface area contributed by atoms with Gasteiger partial charge in [0.2, 0.25) is 5.91 Å². The summed E-state index contributed by atoms with van der Waals surface area (Å²) in [5.41, 5.74) is 0. The lowest BCUT2D eigenvalue weighted by Crippen LogP contribution is -2.43. The number of sulfone groups is 1. The van der Waals surface area contributed by atoms with Gasteiger partial charge in [-0.25, -0.2) is 8.42 Å². The molecule has 7 heteroatoms. The maximum Gasteiger partial charge on any atom is 0.234 e. The first kappa shape index (κ1) is 14.4. The summed E-state index contributed by atoms with van der Waals surface area (Å²) in [4.78, 5) is 13.4. The highest BCUT2D eigenvalue weighted by atomic mass is 32.2. The fourth-order valence-corrected chi connectivity index (χ4v) is 3.55. The Kier molecular flexibility index (Phi) is 5.35. The maximum absolute atomic E-state index is 11.6. The van der Waals surface area contributed by atoms with E-state index in [0.29, 0.717) is 19.5 Å². The lowest BCUT2D eigenvalue weighted by molar-refractivity contribution is -0.122. The Hall–Kier alpha value is -0.660. The molecule has 0 aromatic rings. The molecule has 1 fully saturated rings. The van der Waals surface area contributed by atoms with Crippen LogP contribution in [0.1, 0.15) is 13.3 Å². The second-order valence-electron chi connectivity index (χ2n) is 4.26. The van der Waals surface area contributed by atoms with E-state index in [0.717, 1.165) is 0 Å². The summed E-state index contributed by atoms with van der Waals surface area (Å²) in [5.74, 6) is 0.0270. The fraction of sp³-hybridized carbons (Fsp3) is 0.900. The van der Waals surface area contributed by atoms with Crippen LogP contribution in [0.3, 0.4) is 0 Å². The maximum atomic E-state index is 11.6. The second-order valence-corrected chi connectivity index (χ2v) is 6.49. The smallest absolute Gasteiger partial charge is 0.234 e. The molecule has 0 saturated carbocycles. The number of carbonyl (C=O) groups is 1. The zero-order chi connectivity index (χ0) is 12.9. The Morgan fingerprint density at radius 1 is 1.53 bits per heavy atom. The molecule has 1 heterocycles. The highest BCUT2D eigenvalue weighted by Gasteiger charge is 2.28. The van der Waals surface area contributed by atoms with Crippen molar-refractivity contribution < 1.29 is 18.3 Å². The van der Waals surface area contributed by atoms with Gasteiger partial charge >= 0.3 is 0 Å². The van der Waals surface area contributed by atoms with Crippen molar-refractivity contribution in [3.05, 3.63) is 0 Å². The van der Waals surface area contributed by atoms with E-state index < -0.39 is 9.84 Å². The molecule has 0 aliphatic carbocycles. The zero-order valence-corrected chi connectivity index (χ0v) is 10.9. The summed E-state index contributed by atoms with van der Waals surface area (Å²) in [6, 6.07) is -0.250. The predicted octanol–water partition coefficient (Wildman–Crippen LogP) is -1.40. The van der Waals surface area contributed by atoms with E-state index in [1.54, 1.807) is 4.90 Å². The first-order valence-electron chi connectivity index (χ1n) is 5.80. The average Bonchev–Trinajstić information content (AvgIpc) is 2.57. The van der Waals surface area contributed by atoms with Crippen molar-refractivity contribution in [2.24, 2.45) is 0 Å². The van der Waals surface area contributed by atoms with Gasteiger partial charge in [0.15, 0.2) is 9.84 Å². The van der Waals surface area contributed by atoms with Crippen molar-refractivity contribution in [1.82, 2.24) is 10.2 Å². The number of rotatable bonds is 6. The molecule has 0 spiro atoms. The summed E-state index contributed by atoms with van der Waals surface area (Å²) < 4.78 is 22.4. The molecule has 2 N–H and O–H groups in total. The number of hydrogen-bond acceptors (Lipinski definition) is 5. The van der Waals surface area contributed by atoms with E-state index in [1.807, 2.05) is 6.92 Å². The Labute approximate surface area is 102 Å². The molecule has 0 radical (unpaired) electrons. The van der Waals surface area contributed by atoms with Crippen LogP contribution in [0, 0.1) is 0 Å². The first-order chi connectivity index (χ1) is 7.96. The van der Waals surface area contributed by atoms with Crippen LogP contribution in [0.2, 0.25) is 0 Å². The van der Waals surface area contributed by atoms with Crippen molar-refractivity contribution >= 4 is 15.7 Å². The average molecular weight is 264 g/mol. The van der Waals surface area contributed by atoms with Crippen LogP contribution in [0.5, 0.6) is 0 Å². The highest BCUT2D eigenvalue weighted by molar-refractivity contribution is 7.91.